The lowest BCUT2D eigenvalue weighted by Gasteiger charge is -2.24. The fourth-order valence-electron chi connectivity index (χ4n) is 1.05. The molecule has 0 saturated heterocycles. The second kappa shape index (κ2) is 4.70. The van der Waals surface area contributed by atoms with E-state index >= 15 is 0 Å². The minimum absolute atomic E-state index is 0.0695. The van der Waals surface area contributed by atoms with Crippen LogP contribution in [-0.2, 0) is 4.74 Å². The fourth-order valence-corrected chi connectivity index (χ4v) is 1.27. The average Bonchev–Trinajstić information content (AvgIpc) is 1.88. The smallest absolute Gasteiger partial charge is 0.165 e. The molecule has 0 saturated carbocycles. The van der Waals surface area contributed by atoms with Crippen molar-refractivity contribution < 1.29 is 4.74 Å². The first-order valence-corrected chi connectivity index (χ1v) is 4.62. The Hall–Kier alpha value is -0.110. The Balaban J connectivity index is 3.94. The highest BCUT2D eigenvalue weighted by atomic mass is 32.1. The van der Waals surface area contributed by atoms with Crippen LogP contribution < -0.4 is 0 Å². The van der Waals surface area contributed by atoms with E-state index < -0.39 is 0 Å². The second-order valence-corrected chi connectivity index (χ2v) is 3.73. The summed E-state index contributed by atoms with van der Waals surface area (Å²) in [4.78, 5) is 0. The molecule has 0 bridgehead atoms. The first kappa shape index (κ1) is 10.9. The molecule has 0 radical (unpaired) electrons. The second-order valence-electron chi connectivity index (χ2n) is 3.35. The van der Waals surface area contributed by atoms with Crippen LogP contribution >= 0.6 is 12.2 Å². The third-order valence-corrected chi connectivity index (χ3v) is 2.37. The minimum Gasteiger partial charge on any atom is -0.487 e. The molecule has 0 rings (SSSR count). The van der Waals surface area contributed by atoms with E-state index in [-0.39, 0.29) is 5.41 Å². The van der Waals surface area contributed by atoms with E-state index in [1.807, 2.05) is 6.92 Å². The van der Waals surface area contributed by atoms with Crippen LogP contribution in [0.15, 0.2) is 0 Å². The molecule has 0 aromatic carbocycles. The van der Waals surface area contributed by atoms with Crippen molar-refractivity contribution >= 4 is 17.3 Å². The summed E-state index contributed by atoms with van der Waals surface area (Å²) in [5.74, 6) is 0. The molecule has 0 N–H and O–H groups in total. The molecule has 0 aromatic rings. The van der Waals surface area contributed by atoms with Gasteiger partial charge in [0.1, 0.15) is 0 Å². The molecule has 0 heterocycles. The van der Waals surface area contributed by atoms with Gasteiger partial charge in [-0.05, 0) is 25.6 Å². The summed E-state index contributed by atoms with van der Waals surface area (Å²) in [5.41, 5.74) is 0.0695. The Morgan fingerprint density at radius 1 is 1.36 bits per heavy atom. The van der Waals surface area contributed by atoms with E-state index in [4.69, 9.17) is 17.0 Å². The lowest BCUT2D eigenvalue weighted by molar-refractivity contribution is 0.275. The predicted molar refractivity (Wildman–Crippen MR) is 52.9 cm³/mol. The lowest BCUT2D eigenvalue weighted by atomic mass is 9.89. The Morgan fingerprint density at radius 2 is 1.91 bits per heavy atom. The van der Waals surface area contributed by atoms with Crippen LogP contribution in [0.2, 0.25) is 0 Å². The van der Waals surface area contributed by atoms with Crippen LogP contribution in [0, 0.1) is 5.41 Å². The van der Waals surface area contributed by atoms with Gasteiger partial charge in [-0.25, -0.2) is 0 Å². The number of hydrogen-bond acceptors (Lipinski definition) is 2. The van der Waals surface area contributed by atoms with E-state index in [2.05, 4.69) is 20.8 Å². The number of rotatable bonds is 4. The van der Waals surface area contributed by atoms with E-state index in [0.29, 0.717) is 6.61 Å². The van der Waals surface area contributed by atoms with Crippen molar-refractivity contribution in [3.05, 3.63) is 0 Å². The van der Waals surface area contributed by atoms with Gasteiger partial charge < -0.3 is 4.74 Å². The summed E-state index contributed by atoms with van der Waals surface area (Å²) in [7, 11) is 0. The summed E-state index contributed by atoms with van der Waals surface area (Å²) in [5, 5.41) is 0.752. The molecule has 11 heavy (non-hydrogen) atoms. The first-order valence-electron chi connectivity index (χ1n) is 4.21. The molecule has 0 spiro atoms. The summed E-state index contributed by atoms with van der Waals surface area (Å²) in [6, 6.07) is 0. The Labute approximate surface area is 75.1 Å². The van der Waals surface area contributed by atoms with Gasteiger partial charge in [0, 0.05) is 5.41 Å². The highest BCUT2D eigenvalue weighted by Gasteiger charge is 2.23. The Kier molecular flexibility index (Phi) is 4.66. The SMILES string of the molecule is CCCC(C)(C)C(=S)OCC. The minimum atomic E-state index is 0.0695. The topological polar surface area (TPSA) is 9.23 Å². The van der Waals surface area contributed by atoms with E-state index in [0.717, 1.165) is 17.9 Å². The number of thiocarbonyl (C=S) groups is 1. The normalized spacial score (nSPS) is 11.3. The van der Waals surface area contributed by atoms with Crippen LogP contribution in [0.3, 0.4) is 0 Å². The van der Waals surface area contributed by atoms with Crippen molar-refractivity contribution in [2.24, 2.45) is 5.41 Å². The van der Waals surface area contributed by atoms with Gasteiger partial charge in [-0.3, -0.25) is 0 Å². The van der Waals surface area contributed by atoms with Crippen LogP contribution in [0.25, 0.3) is 0 Å². The van der Waals surface area contributed by atoms with Gasteiger partial charge in [0.2, 0.25) is 0 Å². The molecule has 66 valence electrons. The predicted octanol–water partition coefficient (Wildman–Crippen LogP) is 3.18. The maximum absolute atomic E-state index is 5.29. The molecule has 1 nitrogen and oxygen atoms in total. The van der Waals surface area contributed by atoms with E-state index in [1.165, 1.54) is 0 Å². The molecule has 0 aliphatic rings. The lowest BCUT2D eigenvalue weighted by Crippen LogP contribution is -2.24. The molecule has 0 aliphatic heterocycles. The van der Waals surface area contributed by atoms with Crippen molar-refractivity contribution in [2.45, 2.75) is 40.5 Å². The number of hydrogen-bond donors (Lipinski definition) is 0. The molecular formula is C9H18OS. The highest BCUT2D eigenvalue weighted by Crippen LogP contribution is 2.24. The van der Waals surface area contributed by atoms with Gasteiger partial charge in [0.15, 0.2) is 5.05 Å². The first-order chi connectivity index (χ1) is 5.04. The number of ether oxygens (including phenoxy) is 1. The van der Waals surface area contributed by atoms with Crippen molar-refractivity contribution in [3.63, 3.8) is 0 Å². The Bertz CT molecular complexity index is 130. The van der Waals surface area contributed by atoms with E-state index in [9.17, 15) is 0 Å². The molecule has 0 amide bonds. The third kappa shape index (κ3) is 3.71. The summed E-state index contributed by atoms with van der Waals surface area (Å²) in [6.45, 7) is 9.08. The largest absolute Gasteiger partial charge is 0.487 e. The molecule has 0 unspecified atom stereocenters. The maximum atomic E-state index is 5.29. The monoisotopic (exact) mass is 174 g/mol. The highest BCUT2D eigenvalue weighted by molar-refractivity contribution is 7.80. The standard InChI is InChI=1S/C9H18OS/c1-5-7-9(3,4)8(11)10-6-2/h5-7H2,1-4H3. The Morgan fingerprint density at radius 3 is 2.27 bits per heavy atom. The zero-order chi connectivity index (χ0) is 8.91. The molecule has 0 fully saturated rings. The summed E-state index contributed by atoms with van der Waals surface area (Å²) >= 11 is 5.13. The quantitative estimate of drug-likeness (QED) is 0.605. The van der Waals surface area contributed by atoms with Crippen molar-refractivity contribution in [3.8, 4) is 0 Å². The van der Waals surface area contributed by atoms with Crippen LogP contribution in [0.4, 0.5) is 0 Å². The van der Waals surface area contributed by atoms with E-state index in [1.54, 1.807) is 0 Å². The zero-order valence-corrected chi connectivity index (χ0v) is 8.75. The van der Waals surface area contributed by atoms with Gasteiger partial charge in [0.05, 0.1) is 6.61 Å². The van der Waals surface area contributed by atoms with Gasteiger partial charge in [-0.15, -0.1) is 0 Å². The van der Waals surface area contributed by atoms with Gasteiger partial charge in [0.25, 0.3) is 0 Å². The molecular weight excluding hydrogens is 156 g/mol. The molecule has 0 aliphatic carbocycles. The van der Waals surface area contributed by atoms with Crippen LogP contribution in [-0.4, -0.2) is 11.7 Å². The van der Waals surface area contributed by atoms with Crippen molar-refractivity contribution in [2.75, 3.05) is 6.61 Å². The third-order valence-electron chi connectivity index (χ3n) is 1.70. The van der Waals surface area contributed by atoms with Gasteiger partial charge >= 0.3 is 0 Å². The molecule has 0 aromatic heterocycles. The van der Waals surface area contributed by atoms with Crippen molar-refractivity contribution in [1.29, 1.82) is 0 Å². The van der Waals surface area contributed by atoms with Crippen molar-refractivity contribution in [1.82, 2.24) is 0 Å². The molecule has 2 heteroatoms. The van der Waals surface area contributed by atoms with Crippen LogP contribution in [0.1, 0.15) is 40.5 Å². The van der Waals surface area contributed by atoms with Gasteiger partial charge in [-0.2, -0.15) is 0 Å². The molecule has 0 atom stereocenters. The average molecular weight is 174 g/mol. The summed E-state index contributed by atoms with van der Waals surface area (Å²) in [6.07, 6.45) is 2.26. The maximum Gasteiger partial charge on any atom is 0.165 e. The zero-order valence-electron chi connectivity index (χ0n) is 7.94. The fraction of sp³-hybridized carbons (Fsp3) is 0.889. The van der Waals surface area contributed by atoms with Crippen LogP contribution in [0.5, 0.6) is 0 Å². The summed E-state index contributed by atoms with van der Waals surface area (Å²) < 4.78 is 5.29. The van der Waals surface area contributed by atoms with Gasteiger partial charge in [-0.1, -0.05) is 27.2 Å².